The third kappa shape index (κ3) is 2.78. The first-order valence-corrected chi connectivity index (χ1v) is 7.75. The van der Waals surface area contributed by atoms with Gasteiger partial charge in [0.15, 0.2) is 17.3 Å². The SMILES string of the molecule is c1nc(C2CCN(Cc3ccc4c(c3)OCCO4)CC2)no1. The molecule has 0 N–H and O–H groups in total. The normalized spacial score (nSPS) is 19.3. The molecule has 6 nitrogen and oxygen atoms in total. The van der Waals surface area contributed by atoms with Crippen LogP contribution < -0.4 is 9.47 Å². The van der Waals surface area contributed by atoms with Crippen molar-refractivity contribution >= 4 is 0 Å². The van der Waals surface area contributed by atoms with Gasteiger partial charge in [0.25, 0.3) is 0 Å². The van der Waals surface area contributed by atoms with Crippen molar-refractivity contribution < 1.29 is 14.0 Å². The van der Waals surface area contributed by atoms with Gasteiger partial charge >= 0.3 is 0 Å². The minimum absolute atomic E-state index is 0.426. The monoisotopic (exact) mass is 301 g/mol. The van der Waals surface area contributed by atoms with Crippen LogP contribution >= 0.6 is 0 Å². The number of nitrogens with zero attached hydrogens (tertiary/aromatic N) is 3. The first kappa shape index (κ1) is 13.6. The molecule has 1 aromatic heterocycles. The molecule has 0 saturated carbocycles. The number of fused-ring (bicyclic) bond motifs is 1. The fourth-order valence-electron chi connectivity index (χ4n) is 3.15. The van der Waals surface area contributed by atoms with Crippen LogP contribution in [0, 0.1) is 0 Å². The van der Waals surface area contributed by atoms with E-state index < -0.39 is 0 Å². The second-order valence-electron chi connectivity index (χ2n) is 5.82. The van der Waals surface area contributed by atoms with E-state index in [1.54, 1.807) is 0 Å². The molecule has 6 heteroatoms. The number of benzene rings is 1. The van der Waals surface area contributed by atoms with Gasteiger partial charge in [0.2, 0.25) is 6.39 Å². The van der Waals surface area contributed by atoms with Gasteiger partial charge in [-0.1, -0.05) is 11.2 Å². The van der Waals surface area contributed by atoms with Crippen LogP contribution in [-0.2, 0) is 6.54 Å². The molecule has 1 saturated heterocycles. The summed E-state index contributed by atoms with van der Waals surface area (Å²) < 4.78 is 16.1. The maximum absolute atomic E-state index is 5.65. The summed E-state index contributed by atoms with van der Waals surface area (Å²) in [6, 6.07) is 6.23. The molecular formula is C16H19N3O3. The van der Waals surface area contributed by atoms with Crippen LogP contribution in [0.5, 0.6) is 11.5 Å². The topological polar surface area (TPSA) is 60.6 Å². The van der Waals surface area contributed by atoms with E-state index in [-0.39, 0.29) is 0 Å². The molecule has 116 valence electrons. The summed E-state index contributed by atoms with van der Waals surface area (Å²) in [7, 11) is 0. The van der Waals surface area contributed by atoms with Crippen LogP contribution in [0.15, 0.2) is 29.1 Å². The van der Waals surface area contributed by atoms with Gasteiger partial charge in [-0.2, -0.15) is 4.98 Å². The van der Waals surface area contributed by atoms with Crippen LogP contribution in [0.3, 0.4) is 0 Å². The van der Waals surface area contributed by atoms with E-state index >= 15 is 0 Å². The zero-order valence-corrected chi connectivity index (χ0v) is 12.4. The molecule has 4 rings (SSSR count). The van der Waals surface area contributed by atoms with E-state index in [0.29, 0.717) is 19.1 Å². The zero-order chi connectivity index (χ0) is 14.8. The molecule has 0 radical (unpaired) electrons. The van der Waals surface area contributed by atoms with Crippen LogP contribution in [-0.4, -0.2) is 41.3 Å². The minimum atomic E-state index is 0.426. The van der Waals surface area contributed by atoms with Crippen molar-refractivity contribution in [2.75, 3.05) is 26.3 Å². The van der Waals surface area contributed by atoms with Crippen molar-refractivity contribution in [3.05, 3.63) is 36.0 Å². The Balaban J connectivity index is 1.36. The van der Waals surface area contributed by atoms with Crippen molar-refractivity contribution in [2.24, 2.45) is 0 Å². The number of likely N-dealkylation sites (tertiary alicyclic amines) is 1. The summed E-state index contributed by atoms with van der Waals surface area (Å²) >= 11 is 0. The number of piperidine rings is 1. The predicted molar refractivity (Wildman–Crippen MR) is 79.0 cm³/mol. The van der Waals surface area contributed by atoms with Gasteiger partial charge in [0.1, 0.15) is 13.2 Å². The maximum Gasteiger partial charge on any atom is 0.213 e. The lowest BCUT2D eigenvalue weighted by atomic mass is 9.96. The second kappa shape index (κ2) is 5.96. The zero-order valence-electron chi connectivity index (χ0n) is 12.4. The average Bonchev–Trinajstić information content (AvgIpc) is 3.10. The lowest BCUT2D eigenvalue weighted by Gasteiger charge is -2.30. The molecule has 2 aliphatic heterocycles. The first-order valence-electron chi connectivity index (χ1n) is 7.75. The Morgan fingerprint density at radius 1 is 1.09 bits per heavy atom. The fraction of sp³-hybridized carbons (Fsp3) is 0.500. The Labute approximate surface area is 129 Å². The number of hydrogen-bond acceptors (Lipinski definition) is 6. The number of hydrogen-bond donors (Lipinski definition) is 0. The highest BCUT2D eigenvalue weighted by molar-refractivity contribution is 5.43. The Kier molecular flexibility index (Phi) is 3.68. The fourth-order valence-corrected chi connectivity index (χ4v) is 3.15. The third-order valence-electron chi connectivity index (χ3n) is 4.34. The summed E-state index contributed by atoms with van der Waals surface area (Å²) in [4.78, 5) is 6.63. The van der Waals surface area contributed by atoms with Gasteiger partial charge in [0.05, 0.1) is 0 Å². The molecule has 2 aliphatic rings. The molecule has 0 aliphatic carbocycles. The van der Waals surface area contributed by atoms with Gasteiger partial charge in [-0.05, 0) is 43.6 Å². The highest BCUT2D eigenvalue weighted by Crippen LogP contribution is 2.32. The maximum atomic E-state index is 5.65. The lowest BCUT2D eigenvalue weighted by molar-refractivity contribution is 0.170. The van der Waals surface area contributed by atoms with Gasteiger partial charge in [0, 0.05) is 12.5 Å². The molecule has 0 spiro atoms. The number of aromatic nitrogens is 2. The molecular weight excluding hydrogens is 282 g/mol. The van der Waals surface area contributed by atoms with Gasteiger partial charge in [-0.3, -0.25) is 4.90 Å². The Morgan fingerprint density at radius 3 is 2.68 bits per heavy atom. The van der Waals surface area contributed by atoms with Crippen molar-refractivity contribution in [2.45, 2.75) is 25.3 Å². The van der Waals surface area contributed by atoms with E-state index in [4.69, 9.17) is 14.0 Å². The van der Waals surface area contributed by atoms with Crippen molar-refractivity contribution in [3.8, 4) is 11.5 Å². The largest absolute Gasteiger partial charge is 0.486 e. The van der Waals surface area contributed by atoms with E-state index in [1.165, 1.54) is 12.0 Å². The predicted octanol–water partition coefficient (Wildman–Crippen LogP) is 2.22. The summed E-state index contributed by atoms with van der Waals surface area (Å²) in [6.45, 7) is 4.30. The molecule has 0 atom stereocenters. The second-order valence-corrected chi connectivity index (χ2v) is 5.82. The Morgan fingerprint density at radius 2 is 1.91 bits per heavy atom. The summed E-state index contributed by atoms with van der Waals surface area (Å²) in [5, 5.41) is 3.96. The summed E-state index contributed by atoms with van der Waals surface area (Å²) in [5.41, 5.74) is 1.27. The Hall–Kier alpha value is -2.08. The van der Waals surface area contributed by atoms with Gasteiger partial charge < -0.3 is 14.0 Å². The summed E-state index contributed by atoms with van der Waals surface area (Å²) in [6.07, 6.45) is 3.56. The minimum Gasteiger partial charge on any atom is -0.486 e. The van der Waals surface area contributed by atoms with Crippen LogP contribution in [0.1, 0.15) is 30.1 Å². The number of rotatable bonds is 3. The standard InChI is InChI=1S/C16H19N3O3/c1-2-14-15(21-8-7-20-14)9-12(1)10-19-5-3-13(4-6-19)16-17-11-22-18-16/h1-2,9,11,13H,3-8,10H2. The highest BCUT2D eigenvalue weighted by atomic mass is 16.6. The molecule has 0 amide bonds. The molecule has 2 aromatic rings. The molecule has 1 fully saturated rings. The van der Waals surface area contributed by atoms with Crippen LogP contribution in [0.25, 0.3) is 0 Å². The summed E-state index contributed by atoms with van der Waals surface area (Å²) in [5.74, 6) is 2.99. The van der Waals surface area contributed by atoms with E-state index in [1.807, 2.05) is 6.07 Å². The Bertz CT molecular complexity index is 622. The molecule has 0 bridgehead atoms. The quantitative estimate of drug-likeness (QED) is 0.866. The van der Waals surface area contributed by atoms with Crippen LogP contribution in [0.2, 0.25) is 0 Å². The molecule has 1 aromatic carbocycles. The molecule has 3 heterocycles. The van der Waals surface area contributed by atoms with E-state index in [0.717, 1.165) is 49.8 Å². The molecule has 0 unspecified atom stereocenters. The smallest absolute Gasteiger partial charge is 0.213 e. The third-order valence-corrected chi connectivity index (χ3v) is 4.34. The van der Waals surface area contributed by atoms with E-state index in [2.05, 4.69) is 27.2 Å². The average molecular weight is 301 g/mol. The van der Waals surface area contributed by atoms with Crippen molar-refractivity contribution in [1.29, 1.82) is 0 Å². The first-order chi connectivity index (χ1) is 10.9. The van der Waals surface area contributed by atoms with E-state index in [9.17, 15) is 0 Å². The van der Waals surface area contributed by atoms with Gasteiger partial charge in [-0.15, -0.1) is 0 Å². The number of ether oxygens (including phenoxy) is 2. The van der Waals surface area contributed by atoms with Gasteiger partial charge in [-0.25, -0.2) is 0 Å². The lowest BCUT2D eigenvalue weighted by Crippen LogP contribution is -2.32. The highest BCUT2D eigenvalue weighted by Gasteiger charge is 2.23. The van der Waals surface area contributed by atoms with Crippen molar-refractivity contribution in [3.63, 3.8) is 0 Å². The van der Waals surface area contributed by atoms with Crippen LogP contribution in [0.4, 0.5) is 0 Å². The van der Waals surface area contributed by atoms with Crippen molar-refractivity contribution in [1.82, 2.24) is 15.0 Å². The molecule has 22 heavy (non-hydrogen) atoms.